The van der Waals surface area contributed by atoms with Gasteiger partial charge < -0.3 is 9.15 Å². The molecule has 1 unspecified atom stereocenters. The maximum atomic E-state index is 11.2. The van der Waals surface area contributed by atoms with Crippen molar-refractivity contribution >= 4 is 16.7 Å². The topological polar surface area (TPSA) is 64.2 Å². The molecule has 0 bridgehead atoms. The number of rotatable bonds is 4. The minimum Gasteiger partial charge on any atom is -0.487 e. The van der Waals surface area contributed by atoms with Gasteiger partial charge in [0.1, 0.15) is 25.0 Å². The first-order chi connectivity index (χ1) is 12.5. The fourth-order valence-corrected chi connectivity index (χ4v) is 3.04. The van der Waals surface area contributed by atoms with E-state index >= 15 is 0 Å². The van der Waals surface area contributed by atoms with Gasteiger partial charge in [0.15, 0.2) is 17.6 Å². The van der Waals surface area contributed by atoms with Crippen LogP contribution in [0.25, 0.3) is 11.0 Å². The van der Waals surface area contributed by atoms with E-state index in [4.69, 9.17) is 9.15 Å². The number of hydrogen-bond donors (Lipinski definition) is 0. The third kappa shape index (κ3) is 3.02. The maximum absolute atomic E-state index is 11.2. The monoisotopic (exact) mass is 348 g/mol. The van der Waals surface area contributed by atoms with Gasteiger partial charge >= 0.3 is 5.63 Å². The van der Waals surface area contributed by atoms with Crippen LogP contribution in [0, 0.1) is 6.92 Å². The van der Waals surface area contributed by atoms with E-state index in [0.29, 0.717) is 17.9 Å². The molecule has 1 aliphatic rings. The molecule has 2 heterocycles. The van der Waals surface area contributed by atoms with E-state index in [1.165, 1.54) is 6.07 Å². The second-order valence-corrected chi connectivity index (χ2v) is 6.37. The molecule has 0 radical (unpaired) electrons. The largest absolute Gasteiger partial charge is 0.487 e. The molecule has 130 valence electrons. The molecular formula is C20H18N3O3+. The Balaban J connectivity index is 1.52. The summed E-state index contributed by atoms with van der Waals surface area (Å²) in [6.07, 6.45) is 1.97. The molecule has 0 aliphatic carbocycles. The first-order valence-electron chi connectivity index (χ1n) is 8.28. The van der Waals surface area contributed by atoms with E-state index in [9.17, 15) is 4.79 Å². The summed E-state index contributed by atoms with van der Waals surface area (Å²) in [5, 5.41) is 9.47. The predicted molar refractivity (Wildman–Crippen MR) is 99.8 cm³/mol. The zero-order chi connectivity index (χ0) is 18.1. The van der Waals surface area contributed by atoms with Crippen molar-refractivity contribution in [3.63, 3.8) is 0 Å². The normalized spacial score (nSPS) is 18.9. The summed E-state index contributed by atoms with van der Waals surface area (Å²) >= 11 is 0. The van der Waals surface area contributed by atoms with Crippen LogP contribution in [-0.4, -0.2) is 13.7 Å². The van der Waals surface area contributed by atoms with Gasteiger partial charge in [0, 0.05) is 28.3 Å². The highest BCUT2D eigenvalue weighted by atomic mass is 16.5. The molecule has 1 aliphatic heterocycles. The van der Waals surface area contributed by atoms with E-state index in [2.05, 4.69) is 23.3 Å². The van der Waals surface area contributed by atoms with Crippen molar-refractivity contribution < 1.29 is 9.15 Å². The van der Waals surface area contributed by atoms with Crippen LogP contribution in [0.15, 0.2) is 86.0 Å². The molecule has 6 heteroatoms. The van der Waals surface area contributed by atoms with Gasteiger partial charge in [-0.15, -0.1) is 4.59 Å². The van der Waals surface area contributed by atoms with Crippen LogP contribution in [0.1, 0.15) is 5.56 Å². The fraction of sp³-hybridized carbons (Fsp3) is 0.150. The number of aryl methyl sites for hydroxylation is 1. The summed E-state index contributed by atoms with van der Waals surface area (Å²) in [6, 6.07) is 16.6. The second-order valence-electron chi connectivity index (χ2n) is 6.37. The minimum atomic E-state index is -0.365. The minimum absolute atomic E-state index is 0.272. The third-order valence-corrected chi connectivity index (χ3v) is 4.34. The summed E-state index contributed by atoms with van der Waals surface area (Å²) in [6.45, 7) is 2.37. The standard InChI is InChI=1S/C20H18N3O3/c1-14-5-3-4-6-18(14)23(2)12-16(21-22-23)13-25-17-8-9-19-15(11-17)7-10-20(24)26-19/h3-12H,13H2,1-2H3/q+1. The molecule has 1 atom stereocenters. The highest BCUT2D eigenvalue weighted by molar-refractivity contribution is 5.77. The van der Waals surface area contributed by atoms with Crippen LogP contribution in [-0.2, 0) is 0 Å². The van der Waals surface area contributed by atoms with Crippen LogP contribution < -0.4 is 15.0 Å². The molecule has 6 nitrogen and oxygen atoms in total. The number of benzene rings is 2. The molecule has 3 aromatic rings. The Morgan fingerprint density at radius 2 is 1.96 bits per heavy atom. The average molecular weight is 348 g/mol. The molecule has 0 amide bonds. The van der Waals surface area contributed by atoms with E-state index in [-0.39, 0.29) is 10.2 Å². The number of hydrogen-bond acceptors (Lipinski definition) is 5. The van der Waals surface area contributed by atoms with Gasteiger partial charge in [0.05, 0.1) is 0 Å². The Kier molecular flexibility index (Phi) is 3.89. The molecule has 2 aromatic carbocycles. The van der Waals surface area contributed by atoms with Gasteiger partial charge in [-0.3, -0.25) is 0 Å². The average Bonchev–Trinajstić information content (AvgIpc) is 3.02. The Labute approximate surface area is 150 Å². The van der Waals surface area contributed by atoms with Crippen molar-refractivity contribution in [1.82, 2.24) is 4.59 Å². The number of para-hydroxylation sites is 1. The van der Waals surface area contributed by atoms with Crippen molar-refractivity contribution in [2.45, 2.75) is 6.92 Å². The second kappa shape index (κ2) is 6.24. The fourth-order valence-electron chi connectivity index (χ4n) is 3.04. The zero-order valence-corrected chi connectivity index (χ0v) is 14.5. The first kappa shape index (κ1) is 16.2. The van der Waals surface area contributed by atoms with Crippen LogP contribution in [0.2, 0.25) is 0 Å². The lowest BCUT2D eigenvalue weighted by Crippen LogP contribution is -2.31. The van der Waals surface area contributed by atoms with Gasteiger partial charge in [-0.2, -0.15) is 0 Å². The Morgan fingerprint density at radius 3 is 2.81 bits per heavy atom. The smallest absolute Gasteiger partial charge is 0.336 e. The van der Waals surface area contributed by atoms with Crippen molar-refractivity contribution in [2.24, 2.45) is 10.3 Å². The van der Waals surface area contributed by atoms with Crippen molar-refractivity contribution in [3.05, 3.63) is 82.5 Å². The van der Waals surface area contributed by atoms with Gasteiger partial charge in [-0.1, -0.05) is 23.3 Å². The van der Waals surface area contributed by atoms with E-state index in [1.54, 1.807) is 18.2 Å². The van der Waals surface area contributed by atoms with Crippen LogP contribution >= 0.6 is 0 Å². The SMILES string of the molecule is Cc1ccccc1[N+]1(C)C=C(COc2ccc3oc(=O)ccc3c2)N=N1. The zero-order valence-electron chi connectivity index (χ0n) is 14.5. The summed E-state index contributed by atoms with van der Waals surface area (Å²) in [4.78, 5) is 11.2. The lowest BCUT2D eigenvalue weighted by molar-refractivity contribution is 0.350. The Hall–Kier alpha value is -3.25. The van der Waals surface area contributed by atoms with Crippen LogP contribution in [0.4, 0.5) is 5.69 Å². The number of fused-ring (bicyclic) bond motifs is 1. The number of quaternary nitrogens is 1. The highest BCUT2D eigenvalue weighted by Crippen LogP contribution is 2.31. The molecule has 0 fully saturated rings. The van der Waals surface area contributed by atoms with Crippen molar-refractivity contribution in [2.75, 3.05) is 13.7 Å². The molecule has 0 N–H and O–H groups in total. The lowest BCUT2D eigenvalue weighted by atomic mass is 10.2. The van der Waals surface area contributed by atoms with Gasteiger partial charge in [-0.05, 0) is 31.2 Å². The van der Waals surface area contributed by atoms with E-state index in [0.717, 1.165) is 22.3 Å². The third-order valence-electron chi connectivity index (χ3n) is 4.34. The molecule has 1 aromatic heterocycles. The summed E-state index contributed by atoms with van der Waals surface area (Å²) in [5.41, 5.74) is 3.16. The van der Waals surface area contributed by atoms with E-state index in [1.807, 2.05) is 37.5 Å². The Bertz CT molecular complexity index is 1100. The molecular weight excluding hydrogens is 330 g/mol. The Morgan fingerprint density at radius 1 is 1.12 bits per heavy atom. The molecule has 26 heavy (non-hydrogen) atoms. The summed E-state index contributed by atoms with van der Waals surface area (Å²) < 4.78 is 11.2. The van der Waals surface area contributed by atoms with Crippen LogP contribution in [0.5, 0.6) is 5.75 Å². The van der Waals surface area contributed by atoms with Crippen molar-refractivity contribution in [3.8, 4) is 5.75 Å². The van der Waals surface area contributed by atoms with Gasteiger partial charge in [0.2, 0.25) is 0 Å². The molecule has 4 rings (SSSR count). The summed E-state index contributed by atoms with van der Waals surface area (Å²) in [5.74, 6) is 0.680. The predicted octanol–water partition coefficient (Wildman–Crippen LogP) is 4.34. The number of nitrogens with zero attached hydrogens (tertiary/aromatic N) is 3. The van der Waals surface area contributed by atoms with Crippen molar-refractivity contribution in [1.29, 1.82) is 0 Å². The molecule has 0 spiro atoms. The van der Waals surface area contributed by atoms with Gasteiger partial charge in [0.25, 0.3) is 0 Å². The maximum Gasteiger partial charge on any atom is 0.336 e. The number of ether oxygens (including phenoxy) is 1. The lowest BCUT2D eigenvalue weighted by Gasteiger charge is -2.19. The van der Waals surface area contributed by atoms with Gasteiger partial charge in [-0.25, -0.2) is 4.79 Å². The summed E-state index contributed by atoms with van der Waals surface area (Å²) in [7, 11) is 1.98. The first-order valence-corrected chi connectivity index (χ1v) is 8.28. The molecule has 0 saturated heterocycles. The van der Waals surface area contributed by atoms with Crippen LogP contribution in [0.3, 0.4) is 0 Å². The van der Waals surface area contributed by atoms with E-state index < -0.39 is 0 Å². The molecule has 0 saturated carbocycles. The quantitative estimate of drug-likeness (QED) is 0.520. The highest BCUT2D eigenvalue weighted by Gasteiger charge is 2.31.